The Kier molecular flexibility index (Phi) is 3.76. The first-order valence-corrected chi connectivity index (χ1v) is 17.6. The van der Waals surface area contributed by atoms with Crippen LogP contribution in [0.1, 0.15) is 31.9 Å². The van der Waals surface area contributed by atoms with Gasteiger partial charge in [0, 0.05) is 0 Å². The summed E-state index contributed by atoms with van der Waals surface area (Å²) in [5.74, 6) is 3.38. The Morgan fingerprint density at radius 3 is 2.06 bits per heavy atom. The van der Waals surface area contributed by atoms with Crippen LogP contribution >= 0.6 is 0 Å². The van der Waals surface area contributed by atoms with Crippen LogP contribution in [0.3, 0.4) is 0 Å². The first kappa shape index (κ1) is 14.7. The molecule has 0 aliphatic rings. The molecule has 1 heteroatoms. The van der Waals surface area contributed by atoms with Gasteiger partial charge in [0.1, 0.15) is 0 Å². The fraction of sp³-hybridized carbons (Fsp3) is 0.500. The molecule has 94 valence electrons. The van der Waals surface area contributed by atoms with Crippen molar-refractivity contribution in [3.05, 3.63) is 35.4 Å². The minimum absolute atomic E-state index is 0.200. The third-order valence-corrected chi connectivity index (χ3v) is 5.25. The summed E-state index contributed by atoms with van der Waals surface area (Å²) >= 11 is -2.48. The first-order chi connectivity index (χ1) is 7.43. The van der Waals surface area contributed by atoms with Gasteiger partial charge in [-0.15, -0.1) is 0 Å². The van der Waals surface area contributed by atoms with Crippen LogP contribution in [0.15, 0.2) is 24.3 Å². The van der Waals surface area contributed by atoms with Crippen LogP contribution in [0.4, 0.5) is 0 Å². The van der Waals surface area contributed by atoms with E-state index in [0.29, 0.717) is 0 Å². The fourth-order valence-corrected chi connectivity index (χ4v) is 3.00. The van der Waals surface area contributed by atoms with Crippen molar-refractivity contribution in [1.82, 2.24) is 0 Å². The van der Waals surface area contributed by atoms with Crippen LogP contribution in [-0.2, 0) is 5.41 Å². The standard InChI is InChI=1S/C12H13.4CH3.Sb/c1-5-10-7-6-8-11(9-10)12(2,3)4;;;;;/h6-9H,2-4H3;4*1H3;. The Morgan fingerprint density at radius 2 is 1.59 bits per heavy atom. The zero-order chi connectivity index (χ0) is 13.3. The molecule has 0 amide bonds. The number of hydrogen-bond acceptors (Lipinski definition) is 0. The van der Waals surface area contributed by atoms with Gasteiger partial charge < -0.3 is 0 Å². The third kappa shape index (κ3) is 5.65. The number of rotatable bonds is 0. The molecule has 0 spiro atoms. The SMILES string of the molecule is CC(C)(C)c1cccc(C#[C][Sb]([CH3])([CH3])([CH3])[CH3])c1. The Balaban J connectivity index is 3.11. The zero-order valence-electron chi connectivity index (χ0n) is 12.3. The molecule has 0 aliphatic carbocycles. The molecule has 0 aromatic heterocycles. The van der Waals surface area contributed by atoms with Crippen molar-refractivity contribution in [3.8, 4) is 9.79 Å². The van der Waals surface area contributed by atoms with Gasteiger partial charge in [0.15, 0.2) is 0 Å². The van der Waals surface area contributed by atoms with E-state index < -0.39 is 17.4 Å². The molecule has 1 aromatic rings. The quantitative estimate of drug-likeness (QED) is 0.471. The maximum absolute atomic E-state index is 3.54. The molecule has 1 aromatic carbocycles. The predicted molar refractivity (Wildman–Crippen MR) is 81.2 cm³/mol. The van der Waals surface area contributed by atoms with Crippen molar-refractivity contribution in [2.45, 2.75) is 45.7 Å². The molecule has 0 heterocycles. The molecule has 0 fully saturated rings. The average molecular weight is 339 g/mol. The van der Waals surface area contributed by atoms with Gasteiger partial charge in [0.2, 0.25) is 0 Å². The molecule has 1 rings (SSSR count). The van der Waals surface area contributed by atoms with Crippen molar-refractivity contribution in [2.75, 3.05) is 0 Å². The first-order valence-electron chi connectivity index (χ1n) is 6.08. The second-order valence-electron chi connectivity index (χ2n) is 7.65. The van der Waals surface area contributed by atoms with E-state index in [1.54, 1.807) is 0 Å². The van der Waals surface area contributed by atoms with Crippen LogP contribution in [-0.4, -0.2) is 17.4 Å². The van der Waals surface area contributed by atoms with E-state index in [1.165, 1.54) is 5.56 Å². The second kappa shape index (κ2) is 4.36. The van der Waals surface area contributed by atoms with Gasteiger partial charge in [0.25, 0.3) is 0 Å². The number of hydrogen-bond donors (Lipinski definition) is 0. The van der Waals surface area contributed by atoms with Crippen molar-refractivity contribution in [2.24, 2.45) is 0 Å². The van der Waals surface area contributed by atoms with Crippen molar-refractivity contribution in [3.63, 3.8) is 0 Å². The summed E-state index contributed by atoms with van der Waals surface area (Å²) in [5.41, 5.74) is 2.71. The van der Waals surface area contributed by atoms with Gasteiger partial charge in [-0.25, -0.2) is 0 Å². The van der Waals surface area contributed by atoms with E-state index in [0.717, 1.165) is 5.56 Å². The fourth-order valence-electron chi connectivity index (χ4n) is 1.35. The van der Waals surface area contributed by atoms with Crippen molar-refractivity contribution >= 4 is 17.4 Å². The van der Waals surface area contributed by atoms with E-state index in [-0.39, 0.29) is 5.41 Å². The van der Waals surface area contributed by atoms with Gasteiger partial charge in [0.05, 0.1) is 0 Å². The minimum atomic E-state index is -2.48. The molecule has 0 radical (unpaired) electrons. The molecule has 0 nitrogen and oxygen atoms in total. The average Bonchev–Trinajstić information content (AvgIpc) is 2.12. The normalized spacial score (nSPS) is 14.4. The van der Waals surface area contributed by atoms with Crippen LogP contribution in [0, 0.1) is 9.79 Å². The van der Waals surface area contributed by atoms with E-state index in [2.05, 4.69) is 74.3 Å². The summed E-state index contributed by atoms with van der Waals surface area (Å²) in [4.78, 5) is 9.42. The molecule has 0 bridgehead atoms. The van der Waals surface area contributed by atoms with E-state index in [1.807, 2.05) is 0 Å². The molecule has 0 N–H and O–H groups in total. The molecule has 0 saturated heterocycles. The van der Waals surface area contributed by atoms with Crippen LogP contribution in [0.2, 0.25) is 19.5 Å². The second-order valence-corrected chi connectivity index (χ2v) is 28.7. The van der Waals surface area contributed by atoms with Gasteiger partial charge >= 0.3 is 108 Å². The molecule has 17 heavy (non-hydrogen) atoms. The summed E-state index contributed by atoms with van der Waals surface area (Å²) in [5, 5.41) is 0. The predicted octanol–water partition coefficient (Wildman–Crippen LogP) is 4.80. The molecule has 0 unspecified atom stereocenters. The van der Waals surface area contributed by atoms with E-state index >= 15 is 0 Å². The van der Waals surface area contributed by atoms with Crippen LogP contribution in [0.5, 0.6) is 0 Å². The van der Waals surface area contributed by atoms with Crippen LogP contribution in [0.25, 0.3) is 0 Å². The van der Waals surface area contributed by atoms with Crippen molar-refractivity contribution < 1.29 is 0 Å². The Labute approximate surface area is 108 Å². The summed E-state index contributed by atoms with van der Waals surface area (Å²) in [7, 11) is 0. The summed E-state index contributed by atoms with van der Waals surface area (Å²) in [6.45, 7) is 6.72. The molecule has 0 atom stereocenters. The summed E-state index contributed by atoms with van der Waals surface area (Å²) < 4.78 is 3.54. The topological polar surface area (TPSA) is 0 Å². The van der Waals surface area contributed by atoms with Gasteiger partial charge in [-0.05, 0) is 0 Å². The van der Waals surface area contributed by atoms with Crippen LogP contribution < -0.4 is 0 Å². The monoisotopic (exact) mass is 338 g/mol. The third-order valence-electron chi connectivity index (χ3n) is 2.38. The maximum atomic E-state index is 3.54. The number of benzene rings is 1. The van der Waals surface area contributed by atoms with Gasteiger partial charge in [-0.3, -0.25) is 0 Å². The molecule has 0 aliphatic heterocycles. The van der Waals surface area contributed by atoms with Gasteiger partial charge in [-0.2, -0.15) is 0 Å². The van der Waals surface area contributed by atoms with Gasteiger partial charge in [-0.1, -0.05) is 0 Å². The Bertz CT molecular complexity index is 461. The zero-order valence-corrected chi connectivity index (χ0v) is 14.8. The summed E-state index contributed by atoms with van der Waals surface area (Å²) in [6.07, 6.45) is 0. The molecular weight excluding hydrogens is 314 g/mol. The van der Waals surface area contributed by atoms with Crippen molar-refractivity contribution in [1.29, 1.82) is 0 Å². The Hall–Kier alpha value is -0.402. The van der Waals surface area contributed by atoms with E-state index in [9.17, 15) is 0 Å². The molecular formula is C16H25Sb. The van der Waals surface area contributed by atoms with E-state index in [4.69, 9.17) is 0 Å². The summed E-state index contributed by atoms with van der Waals surface area (Å²) in [6, 6.07) is 8.64. The Morgan fingerprint density at radius 1 is 1.00 bits per heavy atom. The molecule has 0 saturated carbocycles.